The maximum Gasteiger partial charge on any atom is 0.338 e. The molecule has 5 nitrogen and oxygen atoms in total. The van der Waals surface area contributed by atoms with Crippen molar-refractivity contribution in [2.45, 2.75) is 39.7 Å². The number of benzene rings is 2. The third-order valence-electron chi connectivity index (χ3n) is 4.73. The third kappa shape index (κ3) is 3.59. The molecule has 1 unspecified atom stereocenters. The number of methoxy groups -OCH3 is 1. The van der Waals surface area contributed by atoms with Gasteiger partial charge in [0, 0.05) is 0 Å². The summed E-state index contributed by atoms with van der Waals surface area (Å²) >= 11 is 0. The van der Waals surface area contributed by atoms with Gasteiger partial charge in [0.1, 0.15) is 17.3 Å². The largest absolute Gasteiger partial charge is 0.497 e. The standard InChI is InChI=1S/C23H23NO4/c1-13(2)27-23(25)21-15(4)28-14(3)20(12-24)22(21)18-7-6-17-11-19(26-5)9-8-16(17)10-18/h6-11,13,22H,1-5H3. The molecule has 1 aliphatic rings. The first-order valence-electron chi connectivity index (χ1n) is 9.13. The van der Waals surface area contributed by atoms with Crippen LogP contribution in [0.25, 0.3) is 10.8 Å². The SMILES string of the molecule is COc1ccc2cc(C3C(C#N)=C(C)OC(C)=C3C(=O)OC(C)C)ccc2c1. The fourth-order valence-electron chi connectivity index (χ4n) is 3.46. The number of rotatable bonds is 4. The third-order valence-corrected chi connectivity index (χ3v) is 4.73. The Labute approximate surface area is 164 Å². The van der Waals surface area contributed by atoms with Gasteiger partial charge in [-0.25, -0.2) is 4.79 Å². The van der Waals surface area contributed by atoms with Crippen molar-refractivity contribution in [2.24, 2.45) is 0 Å². The topological polar surface area (TPSA) is 68.5 Å². The van der Waals surface area contributed by atoms with Gasteiger partial charge >= 0.3 is 5.97 Å². The van der Waals surface area contributed by atoms with E-state index in [9.17, 15) is 10.1 Å². The molecule has 0 aromatic heterocycles. The molecule has 1 aliphatic heterocycles. The lowest BCUT2D eigenvalue weighted by molar-refractivity contribution is -0.143. The van der Waals surface area contributed by atoms with E-state index in [1.54, 1.807) is 34.8 Å². The molecule has 0 aliphatic carbocycles. The lowest BCUT2D eigenvalue weighted by atomic mass is 9.81. The van der Waals surface area contributed by atoms with E-state index in [2.05, 4.69) is 6.07 Å². The number of hydrogen-bond acceptors (Lipinski definition) is 5. The number of esters is 1. The second-order valence-corrected chi connectivity index (χ2v) is 7.01. The molecule has 0 fully saturated rings. The highest BCUT2D eigenvalue weighted by Crippen LogP contribution is 2.41. The fourth-order valence-corrected chi connectivity index (χ4v) is 3.46. The predicted molar refractivity (Wildman–Crippen MR) is 107 cm³/mol. The number of fused-ring (bicyclic) bond motifs is 1. The van der Waals surface area contributed by atoms with Gasteiger partial charge in [0.25, 0.3) is 0 Å². The molecule has 3 rings (SSSR count). The number of nitrogens with zero attached hydrogens (tertiary/aromatic N) is 1. The minimum absolute atomic E-state index is 0.268. The summed E-state index contributed by atoms with van der Waals surface area (Å²) in [5.41, 5.74) is 1.62. The molecule has 1 heterocycles. The molecule has 144 valence electrons. The molecule has 2 aromatic carbocycles. The van der Waals surface area contributed by atoms with Gasteiger partial charge in [-0.05, 0) is 56.2 Å². The zero-order valence-electron chi connectivity index (χ0n) is 16.7. The minimum Gasteiger partial charge on any atom is -0.497 e. The average Bonchev–Trinajstić information content (AvgIpc) is 2.65. The Kier molecular flexibility index (Phi) is 5.41. The van der Waals surface area contributed by atoms with E-state index in [0.717, 1.165) is 22.1 Å². The molecular formula is C23H23NO4. The van der Waals surface area contributed by atoms with E-state index >= 15 is 0 Å². The van der Waals surface area contributed by atoms with Gasteiger partial charge in [0.2, 0.25) is 0 Å². The van der Waals surface area contributed by atoms with Crippen LogP contribution in [0.1, 0.15) is 39.2 Å². The predicted octanol–water partition coefficient (Wildman–Crippen LogP) is 4.99. The Hall–Kier alpha value is -3.26. The van der Waals surface area contributed by atoms with Crippen molar-refractivity contribution in [1.82, 2.24) is 0 Å². The lowest BCUT2D eigenvalue weighted by Gasteiger charge is -2.28. The molecule has 28 heavy (non-hydrogen) atoms. The van der Waals surface area contributed by atoms with Gasteiger partial charge in [-0.15, -0.1) is 0 Å². The molecule has 0 N–H and O–H groups in total. The Bertz CT molecular complexity index is 1040. The summed E-state index contributed by atoms with van der Waals surface area (Å²) in [6.45, 7) is 7.06. The van der Waals surface area contributed by atoms with Crippen molar-refractivity contribution in [3.05, 3.63) is 64.6 Å². The molecule has 0 radical (unpaired) electrons. The van der Waals surface area contributed by atoms with Crippen LogP contribution in [-0.2, 0) is 14.3 Å². The van der Waals surface area contributed by atoms with Crippen LogP contribution in [0.3, 0.4) is 0 Å². The zero-order valence-corrected chi connectivity index (χ0v) is 16.7. The molecule has 5 heteroatoms. The highest BCUT2D eigenvalue weighted by Gasteiger charge is 2.36. The first-order chi connectivity index (χ1) is 13.3. The minimum atomic E-state index is -0.531. The van der Waals surface area contributed by atoms with Gasteiger partial charge < -0.3 is 14.2 Å². The summed E-state index contributed by atoms with van der Waals surface area (Å²) in [7, 11) is 1.63. The van der Waals surface area contributed by atoms with Crippen LogP contribution in [0.15, 0.2) is 59.1 Å². The molecule has 1 atom stereocenters. The second kappa shape index (κ2) is 7.77. The van der Waals surface area contributed by atoms with Crippen molar-refractivity contribution < 1.29 is 19.0 Å². The summed E-state index contributed by atoms with van der Waals surface area (Å²) < 4.78 is 16.4. The first kappa shape index (κ1) is 19.5. The summed E-state index contributed by atoms with van der Waals surface area (Å²) in [5.74, 6) is 0.740. The Morgan fingerprint density at radius 2 is 1.79 bits per heavy atom. The number of allylic oxidation sites excluding steroid dienone is 3. The van der Waals surface area contributed by atoms with Gasteiger partial charge in [0.05, 0.1) is 36.3 Å². The molecule has 0 bridgehead atoms. The van der Waals surface area contributed by atoms with Gasteiger partial charge in [-0.1, -0.05) is 24.3 Å². The molecular weight excluding hydrogens is 354 g/mol. The van der Waals surface area contributed by atoms with Crippen molar-refractivity contribution in [3.8, 4) is 11.8 Å². The van der Waals surface area contributed by atoms with Crippen LogP contribution in [0.5, 0.6) is 5.75 Å². The lowest BCUT2D eigenvalue weighted by Crippen LogP contribution is -2.24. The number of nitriles is 1. The van der Waals surface area contributed by atoms with Gasteiger partial charge in [-0.2, -0.15) is 5.26 Å². The van der Waals surface area contributed by atoms with Crippen molar-refractivity contribution in [3.63, 3.8) is 0 Å². The van der Waals surface area contributed by atoms with Crippen molar-refractivity contribution in [1.29, 1.82) is 5.26 Å². The van der Waals surface area contributed by atoms with E-state index in [4.69, 9.17) is 14.2 Å². The molecule has 0 saturated heterocycles. The smallest absolute Gasteiger partial charge is 0.338 e. The maximum atomic E-state index is 12.8. The van der Waals surface area contributed by atoms with Gasteiger partial charge in [0.15, 0.2) is 0 Å². The summed E-state index contributed by atoms with van der Waals surface area (Å²) in [6.07, 6.45) is -0.268. The Morgan fingerprint density at radius 3 is 2.43 bits per heavy atom. The Balaban J connectivity index is 2.15. The monoisotopic (exact) mass is 377 g/mol. The Morgan fingerprint density at radius 1 is 1.11 bits per heavy atom. The average molecular weight is 377 g/mol. The van der Waals surface area contributed by atoms with E-state index in [1.807, 2.05) is 36.4 Å². The highest BCUT2D eigenvalue weighted by atomic mass is 16.5. The molecule has 2 aromatic rings. The first-order valence-corrected chi connectivity index (χ1v) is 9.13. The van der Waals surface area contributed by atoms with Crippen LogP contribution >= 0.6 is 0 Å². The number of hydrogen-bond donors (Lipinski definition) is 0. The number of carbonyl (C=O) groups is 1. The second-order valence-electron chi connectivity index (χ2n) is 7.01. The fraction of sp³-hybridized carbons (Fsp3) is 0.304. The molecule has 0 spiro atoms. The van der Waals surface area contributed by atoms with Crippen LogP contribution in [0.4, 0.5) is 0 Å². The summed E-state index contributed by atoms with van der Waals surface area (Å²) in [5, 5.41) is 11.8. The van der Waals surface area contributed by atoms with Crippen molar-refractivity contribution in [2.75, 3.05) is 7.11 Å². The summed E-state index contributed by atoms with van der Waals surface area (Å²) in [4.78, 5) is 12.8. The highest BCUT2D eigenvalue weighted by molar-refractivity contribution is 5.93. The molecule has 0 saturated carbocycles. The van der Waals surface area contributed by atoms with Crippen LogP contribution in [-0.4, -0.2) is 19.2 Å². The van der Waals surface area contributed by atoms with Crippen molar-refractivity contribution >= 4 is 16.7 Å². The van der Waals surface area contributed by atoms with E-state index in [1.165, 1.54) is 0 Å². The van der Waals surface area contributed by atoms with Crippen LogP contribution in [0.2, 0.25) is 0 Å². The number of ether oxygens (including phenoxy) is 3. The summed E-state index contributed by atoms with van der Waals surface area (Å²) in [6, 6.07) is 13.9. The normalized spacial score (nSPS) is 16.8. The quantitative estimate of drug-likeness (QED) is 0.703. The van der Waals surface area contributed by atoms with Gasteiger partial charge in [-0.3, -0.25) is 0 Å². The van der Waals surface area contributed by atoms with E-state index in [-0.39, 0.29) is 6.10 Å². The van der Waals surface area contributed by atoms with E-state index < -0.39 is 11.9 Å². The number of carbonyl (C=O) groups excluding carboxylic acids is 1. The molecule has 0 amide bonds. The maximum absolute atomic E-state index is 12.8. The van der Waals surface area contributed by atoms with Crippen LogP contribution in [0, 0.1) is 11.3 Å². The van der Waals surface area contributed by atoms with Crippen LogP contribution < -0.4 is 4.74 Å². The zero-order chi connectivity index (χ0) is 20.4. The van der Waals surface area contributed by atoms with E-state index in [0.29, 0.717) is 22.7 Å².